The van der Waals surface area contributed by atoms with E-state index in [0.29, 0.717) is 49.1 Å². The number of hydrogen-bond donors (Lipinski definition) is 10. The third-order valence-electron chi connectivity index (χ3n) is 7.42. The zero-order valence-electron chi connectivity index (χ0n) is 28.2. The molecular weight excluding hydrogens is 656 g/mol. The van der Waals surface area contributed by atoms with Crippen LogP contribution >= 0.6 is 0 Å². The number of rotatable bonds is 20. The highest BCUT2D eigenvalue weighted by molar-refractivity contribution is 5.91. The van der Waals surface area contributed by atoms with E-state index in [2.05, 4.69) is 31.9 Å². The first-order valence-electron chi connectivity index (χ1n) is 16.6. The number of hydrogen-bond acceptors (Lipinski definition) is 10. The Kier molecular flexibility index (Phi) is 15.6. The van der Waals surface area contributed by atoms with Gasteiger partial charge in [0, 0.05) is 24.5 Å². The lowest BCUT2D eigenvalue weighted by atomic mass is 10.1. The monoisotopic (exact) mass is 702 g/mol. The summed E-state index contributed by atoms with van der Waals surface area (Å²) in [7, 11) is 0. The number of carbonyl (C=O) groups is 2. The smallest absolute Gasteiger partial charge is 0.320 e. The Bertz CT molecular complexity index is 1490. The summed E-state index contributed by atoms with van der Waals surface area (Å²) in [5.41, 5.74) is 3.30. The van der Waals surface area contributed by atoms with E-state index in [9.17, 15) is 30.0 Å². The number of amides is 4. The quantitative estimate of drug-likeness (QED) is 0.0481. The summed E-state index contributed by atoms with van der Waals surface area (Å²) >= 11 is 0. The average molecular weight is 703 g/mol. The van der Waals surface area contributed by atoms with Crippen molar-refractivity contribution in [3.63, 3.8) is 0 Å². The first-order chi connectivity index (χ1) is 24.7. The molecule has 0 heterocycles. The van der Waals surface area contributed by atoms with Gasteiger partial charge in [-0.3, -0.25) is 0 Å². The van der Waals surface area contributed by atoms with Crippen molar-refractivity contribution < 1.29 is 39.5 Å². The van der Waals surface area contributed by atoms with Gasteiger partial charge in [-0.15, -0.1) is 0 Å². The van der Waals surface area contributed by atoms with Crippen LogP contribution in [0.25, 0.3) is 0 Å². The number of aliphatic hydroxyl groups is 2. The van der Waals surface area contributed by atoms with E-state index in [4.69, 9.17) is 9.47 Å². The van der Waals surface area contributed by atoms with Crippen LogP contribution < -0.4 is 41.4 Å². The molecule has 14 nitrogen and oxygen atoms in total. The number of aliphatic hydroxyl groups excluding tert-OH is 2. The van der Waals surface area contributed by atoms with Gasteiger partial charge in [-0.25, -0.2) is 9.59 Å². The van der Waals surface area contributed by atoms with Gasteiger partial charge in [0.2, 0.25) is 0 Å². The molecule has 0 spiro atoms. The van der Waals surface area contributed by atoms with E-state index < -0.39 is 24.3 Å². The van der Waals surface area contributed by atoms with E-state index >= 15 is 0 Å². The minimum atomic E-state index is -0.685. The van der Waals surface area contributed by atoms with Gasteiger partial charge in [0.25, 0.3) is 0 Å². The molecule has 2 atom stereocenters. The van der Waals surface area contributed by atoms with Crippen molar-refractivity contribution in [3.05, 3.63) is 108 Å². The number of anilines is 2. The molecule has 4 aromatic carbocycles. The lowest BCUT2D eigenvalue weighted by Gasteiger charge is -2.14. The zero-order valence-corrected chi connectivity index (χ0v) is 28.2. The maximum absolute atomic E-state index is 12.3. The van der Waals surface area contributed by atoms with E-state index in [1.165, 1.54) is 24.3 Å². The van der Waals surface area contributed by atoms with Gasteiger partial charge in [0.1, 0.15) is 48.4 Å². The number of urea groups is 2. The van der Waals surface area contributed by atoms with Crippen LogP contribution in [-0.4, -0.2) is 90.8 Å². The Morgan fingerprint density at radius 1 is 0.549 bits per heavy atom. The molecule has 4 rings (SSSR count). The van der Waals surface area contributed by atoms with Crippen LogP contribution in [-0.2, 0) is 12.8 Å². The molecule has 0 aromatic heterocycles. The number of phenols is 2. The maximum Gasteiger partial charge on any atom is 0.320 e. The fourth-order valence-electron chi connectivity index (χ4n) is 4.66. The molecule has 14 heteroatoms. The van der Waals surface area contributed by atoms with Gasteiger partial charge >= 0.3 is 12.1 Å². The van der Waals surface area contributed by atoms with Crippen molar-refractivity contribution in [2.45, 2.75) is 25.0 Å². The molecule has 0 unspecified atom stereocenters. The number of ether oxygens (including phenoxy) is 2. The molecule has 10 N–H and O–H groups in total. The Morgan fingerprint density at radius 3 is 1.29 bits per heavy atom. The molecule has 4 amide bonds. The lowest BCUT2D eigenvalue weighted by Crippen LogP contribution is -2.41. The molecule has 0 aliphatic rings. The van der Waals surface area contributed by atoms with Gasteiger partial charge in [0.05, 0.1) is 6.67 Å². The second-order valence-corrected chi connectivity index (χ2v) is 11.7. The largest absolute Gasteiger partial charge is 0.508 e. The lowest BCUT2D eigenvalue weighted by molar-refractivity contribution is 0.106. The summed E-state index contributed by atoms with van der Waals surface area (Å²) in [6, 6.07) is 26.4. The van der Waals surface area contributed by atoms with Crippen LogP contribution in [0, 0.1) is 0 Å². The van der Waals surface area contributed by atoms with Crippen LogP contribution in [0.4, 0.5) is 21.0 Å². The van der Waals surface area contributed by atoms with E-state index in [1.54, 1.807) is 48.5 Å². The SMILES string of the molecule is O=C(NCNC(=O)Nc1ccc(CCNC[C@H](O)COc2ccc(O)cc2)cc1)Nc1ccc(CCNC[C@H](O)COc2ccc(O)cc2)cc1. The van der Waals surface area contributed by atoms with Crippen molar-refractivity contribution >= 4 is 23.4 Å². The first-order valence-corrected chi connectivity index (χ1v) is 16.6. The minimum Gasteiger partial charge on any atom is -0.508 e. The van der Waals surface area contributed by atoms with Crippen molar-refractivity contribution in [1.82, 2.24) is 21.3 Å². The zero-order chi connectivity index (χ0) is 36.3. The molecule has 0 aliphatic carbocycles. The second kappa shape index (κ2) is 20.9. The third kappa shape index (κ3) is 15.3. The van der Waals surface area contributed by atoms with Gasteiger partial charge in [-0.05, 0) is 110 Å². The predicted molar refractivity (Wildman–Crippen MR) is 194 cm³/mol. The van der Waals surface area contributed by atoms with Gasteiger partial charge in [-0.2, -0.15) is 0 Å². The molecule has 4 aromatic rings. The topological polar surface area (TPSA) is 206 Å². The Balaban J connectivity index is 1.01. The van der Waals surface area contributed by atoms with Crippen molar-refractivity contribution in [3.8, 4) is 23.0 Å². The fourth-order valence-corrected chi connectivity index (χ4v) is 4.66. The predicted octanol–water partition coefficient (Wildman–Crippen LogP) is 3.14. The van der Waals surface area contributed by atoms with Crippen molar-refractivity contribution in [1.29, 1.82) is 0 Å². The highest BCUT2D eigenvalue weighted by Gasteiger charge is 2.08. The molecule has 0 saturated heterocycles. The highest BCUT2D eigenvalue weighted by atomic mass is 16.5. The minimum absolute atomic E-state index is 0.0805. The Morgan fingerprint density at radius 2 is 0.922 bits per heavy atom. The van der Waals surface area contributed by atoms with Crippen molar-refractivity contribution in [2.24, 2.45) is 0 Å². The van der Waals surface area contributed by atoms with Gasteiger partial charge < -0.3 is 61.8 Å². The van der Waals surface area contributed by atoms with Gasteiger partial charge in [-0.1, -0.05) is 24.3 Å². The number of phenolic OH excluding ortho intramolecular Hbond substituents is 2. The van der Waals surface area contributed by atoms with Gasteiger partial charge in [0.15, 0.2) is 0 Å². The summed E-state index contributed by atoms with van der Waals surface area (Å²) in [5.74, 6) is 1.45. The summed E-state index contributed by atoms with van der Waals surface area (Å²) in [4.78, 5) is 24.5. The van der Waals surface area contributed by atoms with Crippen LogP contribution in [0.15, 0.2) is 97.1 Å². The van der Waals surface area contributed by atoms with E-state index in [1.807, 2.05) is 24.3 Å². The summed E-state index contributed by atoms with van der Waals surface area (Å²) in [6.07, 6.45) is 0.0800. The summed E-state index contributed by atoms with van der Waals surface area (Å²) in [6.45, 7) is 2.20. The maximum atomic E-state index is 12.3. The first kappa shape index (κ1) is 38.3. The molecular formula is C37H46N6O8. The molecule has 51 heavy (non-hydrogen) atoms. The number of benzene rings is 4. The normalized spacial score (nSPS) is 12.0. The molecule has 0 aliphatic heterocycles. The third-order valence-corrected chi connectivity index (χ3v) is 7.42. The molecule has 0 radical (unpaired) electrons. The molecule has 0 bridgehead atoms. The molecule has 0 saturated carbocycles. The van der Waals surface area contributed by atoms with Crippen LogP contribution in [0.5, 0.6) is 23.0 Å². The average Bonchev–Trinajstić information content (AvgIpc) is 3.13. The number of nitrogens with one attached hydrogen (secondary N) is 6. The van der Waals surface area contributed by atoms with Crippen LogP contribution in [0.3, 0.4) is 0 Å². The van der Waals surface area contributed by atoms with E-state index in [-0.39, 0.29) is 31.4 Å². The highest BCUT2D eigenvalue weighted by Crippen LogP contribution is 2.17. The molecule has 0 fully saturated rings. The van der Waals surface area contributed by atoms with Crippen molar-refractivity contribution in [2.75, 3.05) is 56.7 Å². The second-order valence-electron chi connectivity index (χ2n) is 11.7. The van der Waals surface area contributed by atoms with Crippen LogP contribution in [0.2, 0.25) is 0 Å². The van der Waals surface area contributed by atoms with Crippen LogP contribution in [0.1, 0.15) is 11.1 Å². The molecule has 272 valence electrons. The Labute approximate surface area is 296 Å². The fraction of sp³-hybridized carbons (Fsp3) is 0.297. The number of aromatic hydroxyl groups is 2. The standard InChI is InChI=1S/C37H46N6O8/c44-30-9-13-34(14-10-30)50-23-32(46)21-38-19-17-26-1-5-28(6-2-26)42-36(48)40-25-41-37(49)43-29-7-3-27(4-8-29)18-20-39-22-33(47)24-51-35-15-11-31(45)12-16-35/h1-16,32-33,38-39,44-47H,17-25H2,(H2,40,42,48)(H2,41,43,49)/t32-,33-/m0/s1. The summed E-state index contributed by atoms with van der Waals surface area (Å²) < 4.78 is 11.0. The van der Waals surface area contributed by atoms with E-state index in [0.717, 1.165) is 24.0 Å². The number of carbonyl (C=O) groups excluding carboxylic acids is 2. The Hall–Kier alpha value is -5.54. The summed E-state index contributed by atoms with van der Waals surface area (Å²) in [5, 5.41) is 55.8.